The standard InChI is InChI=1S/C23H38O3/c1-22(2,3)12-9-7-10-17-16-19(24)21(26)20(25)18(17)11-6-5-8-13-23(4)14-15-23/h16,24-26H,5-15H2,1-4H3. The Hall–Kier alpha value is -1.38. The molecule has 0 aliphatic heterocycles. The summed E-state index contributed by atoms with van der Waals surface area (Å²) in [5.74, 6) is -0.701. The highest BCUT2D eigenvalue weighted by Gasteiger charge is 2.35. The molecule has 0 radical (unpaired) electrons. The van der Waals surface area contributed by atoms with Crippen LogP contribution in [0.5, 0.6) is 17.2 Å². The van der Waals surface area contributed by atoms with Gasteiger partial charge in [-0.2, -0.15) is 0 Å². The van der Waals surface area contributed by atoms with E-state index in [1.165, 1.54) is 25.7 Å². The number of rotatable bonds is 10. The summed E-state index contributed by atoms with van der Waals surface area (Å²) >= 11 is 0. The molecule has 0 amide bonds. The van der Waals surface area contributed by atoms with Crippen molar-refractivity contribution in [3.63, 3.8) is 0 Å². The SMILES string of the molecule is CC(C)(C)CCCCc1cc(O)c(O)c(O)c1CCCCCC1(C)CC1. The monoisotopic (exact) mass is 362 g/mol. The molecule has 26 heavy (non-hydrogen) atoms. The molecule has 148 valence electrons. The van der Waals surface area contributed by atoms with E-state index in [1.54, 1.807) is 6.07 Å². The van der Waals surface area contributed by atoms with Crippen LogP contribution in [0.4, 0.5) is 0 Å². The zero-order chi connectivity index (χ0) is 19.4. The van der Waals surface area contributed by atoms with Crippen LogP contribution in [-0.4, -0.2) is 15.3 Å². The predicted octanol–water partition coefficient (Wildman–Crippen LogP) is 6.47. The minimum absolute atomic E-state index is 0.120. The normalized spacial score (nSPS) is 16.0. The highest BCUT2D eigenvalue weighted by molar-refractivity contribution is 5.57. The summed E-state index contributed by atoms with van der Waals surface area (Å²) in [4.78, 5) is 0. The largest absolute Gasteiger partial charge is 0.504 e. The molecule has 1 aromatic carbocycles. The van der Waals surface area contributed by atoms with Gasteiger partial charge in [0.1, 0.15) is 0 Å². The number of aryl methyl sites for hydroxylation is 1. The smallest absolute Gasteiger partial charge is 0.200 e. The van der Waals surface area contributed by atoms with Crippen LogP contribution in [0, 0.1) is 10.8 Å². The van der Waals surface area contributed by atoms with E-state index < -0.39 is 0 Å². The maximum Gasteiger partial charge on any atom is 0.200 e. The van der Waals surface area contributed by atoms with E-state index in [0.29, 0.717) is 10.8 Å². The third-order valence-electron chi connectivity index (χ3n) is 5.88. The maximum atomic E-state index is 10.3. The summed E-state index contributed by atoms with van der Waals surface area (Å²) in [6, 6.07) is 1.65. The summed E-state index contributed by atoms with van der Waals surface area (Å²) < 4.78 is 0. The van der Waals surface area contributed by atoms with Crippen LogP contribution in [0.1, 0.15) is 96.6 Å². The molecule has 1 fully saturated rings. The van der Waals surface area contributed by atoms with E-state index in [1.807, 2.05) is 0 Å². The number of unbranched alkanes of at least 4 members (excludes halogenated alkanes) is 3. The van der Waals surface area contributed by atoms with Gasteiger partial charge in [0.15, 0.2) is 11.5 Å². The van der Waals surface area contributed by atoms with Gasteiger partial charge in [0.25, 0.3) is 0 Å². The van der Waals surface area contributed by atoms with Crippen LogP contribution in [0.3, 0.4) is 0 Å². The number of hydrogen-bond acceptors (Lipinski definition) is 3. The molecule has 0 spiro atoms. The minimum Gasteiger partial charge on any atom is -0.504 e. The van der Waals surface area contributed by atoms with Crippen molar-refractivity contribution in [3.8, 4) is 17.2 Å². The van der Waals surface area contributed by atoms with Gasteiger partial charge in [0.2, 0.25) is 5.75 Å². The van der Waals surface area contributed by atoms with E-state index >= 15 is 0 Å². The molecule has 3 heteroatoms. The second-order valence-electron chi connectivity index (χ2n) is 9.87. The zero-order valence-electron chi connectivity index (χ0n) is 17.2. The number of phenolic OH excluding ortho intramolecular Hbond substituents is 3. The van der Waals surface area contributed by atoms with Crippen LogP contribution in [-0.2, 0) is 12.8 Å². The zero-order valence-corrected chi connectivity index (χ0v) is 17.2. The lowest BCUT2D eigenvalue weighted by molar-refractivity contribution is 0.357. The Morgan fingerprint density at radius 3 is 2.15 bits per heavy atom. The number of phenols is 3. The van der Waals surface area contributed by atoms with Gasteiger partial charge in [-0.05, 0) is 73.8 Å². The van der Waals surface area contributed by atoms with Gasteiger partial charge < -0.3 is 15.3 Å². The van der Waals surface area contributed by atoms with Crippen molar-refractivity contribution in [2.45, 2.75) is 98.3 Å². The van der Waals surface area contributed by atoms with Gasteiger partial charge in [0, 0.05) is 5.56 Å². The molecule has 1 saturated carbocycles. The first-order valence-corrected chi connectivity index (χ1v) is 10.4. The second kappa shape index (κ2) is 8.54. The molecule has 0 bridgehead atoms. The Morgan fingerprint density at radius 1 is 0.885 bits per heavy atom. The van der Waals surface area contributed by atoms with Crippen molar-refractivity contribution >= 4 is 0 Å². The number of benzene rings is 1. The molecule has 0 atom stereocenters. The van der Waals surface area contributed by atoms with Crippen molar-refractivity contribution < 1.29 is 15.3 Å². The van der Waals surface area contributed by atoms with Gasteiger partial charge in [-0.25, -0.2) is 0 Å². The molecule has 1 aliphatic carbocycles. The average molecular weight is 363 g/mol. The Bertz CT molecular complexity index is 594. The fourth-order valence-corrected chi connectivity index (χ4v) is 3.70. The van der Waals surface area contributed by atoms with E-state index in [9.17, 15) is 15.3 Å². The molecule has 3 N–H and O–H groups in total. The van der Waals surface area contributed by atoms with Crippen molar-refractivity contribution in [1.82, 2.24) is 0 Å². The van der Waals surface area contributed by atoms with E-state index in [-0.39, 0.29) is 17.2 Å². The lowest BCUT2D eigenvalue weighted by Gasteiger charge is -2.18. The van der Waals surface area contributed by atoms with Gasteiger partial charge in [-0.1, -0.05) is 47.0 Å². The van der Waals surface area contributed by atoms with E-state index in [4.69, 9.17) is 0 Å². The summed E-state index contributed by atoms with van der Waals surface area (Å²) in [6.45, 7) is 9.11. The van der Waals surface area contributed by atoms with Gasteiger partial charge in [-0.15, -0.1) is 0 Å². The molecule has 1 aromatic rings. The molecule has 2 rings (SSSR count). The van der Waals surface area contributed by atoms with Crippen molar-refractivity contribution in [3.05, 3.63) is 17.2 Å². The number of aromatic hydroxyl groups is 3. The first kappa shape index (κ1) is 20.9. The summed E-state index contributed by atoms with van der Waals surface area (Å²) in [5, 5.41) is 30.1. The van der Waals surface area contributed by atoms with Crippen molar-refractivity contribution in [1.29, 1.82) is 0 Å². The van der Waals surface area contributed by atoms with Crippen LogP contribution in [0.15, 0.2) is 6.07 Å². The van der Waals surface area contributed by atoms with E-state index in [0.717, 1.165) is 56.1 Å². The minimum atomic E-state index is -0.371. The van der Waals surface area contributed by atoms with Crippen molar-refractivity contribution in [2.24, 2.45) is 10.8 Å². The molecule has 0 unspecified atom stereocenters. The third-order valence-corrected chi connectivity index (χ3v) is 5.88. The summed E-state index contributed by atoms with van der Waals surface area (Å²) in [5.41, 5.74) is 2.76. The summed E-state index contributed by atoms with van der Waals surface area (Å²) in [6.07, 6.45) is 12.4. The van der Waals surface area contributed by atoms with Gasteiger partial charge >= 0.3 is 0 Å². The van der Waals surface area contributed by atoms with Gasteiger partial charge in [-0.3, -0.25) is 0 Å². The third kappa shape index (κ3) is 6.41. The Kier molecular flexibility index (Phi) is 6.87. The van der Waals surface area contributed by atoms with Crippen LogP contribution in [0.2, 0.25) is 0 Å². The van der Waals surface area contributed by atoms with Crippen LogP contribution >= 0.6 is 0 Å². The topological polar surface area (TPSA) is 60.7 Å². The Labute approximate surface area is 159 Å². The molecule has 1 aliphatic rings. The molecule has 0 aromatic heterocycles. The molecular formula is C23H38O3. The van der Waals surface area contributed by atoms with Crippen LogP contribution < -0.4 is 0 Å². The fraction of sp³-hybridized carbons (Fsp3) is 0.739. The highest BCUT2D eigenvalue weighted by atomic mass is 16.3. The fourth-order valence-electron chi connectivity index (χ4n) is 3.70. The van der Waals surface area contributed by atoms with Gasteiger partial charge in [0.05, 0.1) is 0 Å². The second-order valence-corrected chi connectivity index (χ2v) is 9.87. The lowest BCUT2D eigenvalue weighted by Crippen LogP contribution is -2.05. The first-order valence-electron chi connectivity index (χ1n) is 10.4. The Balaban J connectivity index is 1.90. The number of hydrogen-bond donors (Lipinski definition) is 3. The van der Waals surface area contributed by atoms with Crippen LogP contribution in [0.25, 0.3) is 0 Å². The first-order chi connectivity index (χ1) is 12.1. The van der Waals surface area contributed by atoms with Crippen molar-refractivity contribution in [2.75, 3.05) is 0 Å². The lowest BCUT2D eigenvalue weighted by atomic mass is 9.88. The molecule has 3 nitrogen and oxygen atoms in total. The average Bonchev–Trinajstić information content (AvgIpc) is 3.28. The summed E-state index contributed by atoms with van der Waals surface area (Å²) in [7, 11) is 0. The highest BCUT2D eigenvalue weighted by Crippen LogP contribution is 2.49. The molecule has 0 heterocycles. The quantitative estimate of drug-likeness (QED) is 0.330. The molecular weight excluding hydrogens is 324 g/mol. The maximum absolute atomic E-state index is 10.3. The molecule has 0 saturated heterocycles. The Morgan fingerprint density at radius 2 is 1.54 bits per heavy atom. The van der Waals surface area contributed by atoms with E-state index in [2.05, 4.69) is 27.7 Å². The predicted molar refractivity (Wildman–Crippen MR) is 108 cm³/mol.